The van der Waals surface area contributed by atoms with Gasteiger partial charge in [0.2, 0.25) is 5.91 Å². The molecule has 2 heterocycles. The highest BCUT2D eigenvalue weighted by Gasteiger charge is 2.22. The van der Waals surface area contributed by atoms with Gasteiger partial charge in [-0.2, -0.15) is 0 Å². The van der Waals surface area contributed by atoms with Crippen molar-refractivity contribution < 1.29 is 4.79 Å². The third-order valence-corrected chi connectivity index (χ3v) is 4.87. The van der Waals surface area contributed by atoms with Crippen molar-refractivity contribution in [1.29, 1.82) is 0 Å². The zero-order chi connectivity index (χ0) is 14.5. The Labute approximate surface area is 127 Å². The van der Waals surface area contributed by atoms with E-state index in [4.69, 9.17) is 0 Å². The molecule has 0 bridgehead atoms. The number of hydrogen-bond donors (Lipinski definition) is 1. The van der Waals surface area contributed by atoms with Gasteiger partial charge in [0, 0.05) is 32.6 Å². The predicted molar refractivity (Wildman–Crippen MR) is 85.2 cm³/mol. The number of nitrogens with zero attached hydrogens (tertiary/aromatic N) is 1. The summed E-state index contributed by atoms with van der Waals surface area (Å²) in [5, 5.41) is 3.48. The first-order valence-corrected chi connectivity index (χ1v) is 8.41. The third kappa shape index (κ3) is 3.65. The van der Waals surface area contributed by atoms with Crippen molar-refractivity contribution >= 4 is 5.91 Å². The lowest BCUT2D eigenvalue weighted by molar-refractivity contribution is -0.131. The molecule has 2 aliphatic rings. The molecule has 0 aliphatic carbocycles. The summed E-state index contributed by atoms with van der Waals surface area (Å²) < 4.78 is 0. The summed E-state index contributed by atoms with van der Waals surface area (Å²) in [4.78, 5) is 14.5. The Hall–Kier alpha value is -1.35. The number of carbonyl (C=O) groups is 1. The Morgan fingerprint density at radius 3 is 2.71 bits per heavy atom. The molecule has 1 amide bonds. The van der Waals surface area contributed by atoms with Crippen molar-refractivity contribution in [3.8, 4) is 0 Å². The lowest BCUT2D eigenvalue weighted by atomic mass is 9.87. The maximum Gasteiger partial charge on any atom is 0.222 e. The fourth-order valence-electron chi connectivity index (χ4n) is 3.62. The van der Waals surface area contributed by atoms with Crippen LogP contribution < -0.4 is 5.32 Å². The minimum atomic E-state index is 0.361. The first-order valence-electron chi connectivity index (χ1n) is 8.41. The molecule has 1 aromatic carbocycles. The monoisotopic (exact) mass is 286 g/mol. The van der Waals surface area contributed by atoms with E-state index in [0.717, 1.165) is 32.6 Å². The average molecular weight is 286 g/mol. The van der Waals surface area contributed by atoms with Gasteiger partial charge in [0.15, 0.2) is 0 Å². The van der Waals surface area contributed by atoms with E-state index < -0.39 is 0 Å². The zero-order valence-electron chi connectivity index (χ0n) is 12.8. The van der Waals surface area contributed by atoms with Crippen LogP contribution in [0.1, 0.15) is 55.6 Å². The second-order valence-electron chi connectivity index (χ2n) is 6.36. The van der Waals surface area contributed by atoms with Crippen molar-refractivity contribution in [2.75, 3.05) is 19.6 Å². The predicted octanol–water partition coefficient (Wildman–Crippen LogP) is 3.06. The highest BCUT2D eigenvalue weighted by Crippen LogP contribution is 2.28. The van der Waals surface area contributed by atoms with Gasteiger partial charge in [0.25, 0.3) is 0 Å². The van der Waals surface area contributed by atoms with Crippen LogP contribution >= 0.6 is 0 Å². The minimum Gasteiger partial charge on any atom is -0.343 e. The Balaban J connectivity index is 1.56. The number of carbonyl (C=O) groups excluding carboxylic acids is 1. The van der Waals surface area contributed by atoms with Gasteiger partial charge in [-0.1, -0.05) is 37.1 Å². The van der Waals surface area contributed by atoms with Crippen LogP contribution in [0.25, 0.3) is 0 Å². The molecule has 3 heteroatoms. The van der Waals surface area contributed by atoms with E-state index >= 15 is 0 Å². The van der Waals surface area contributed by atoms with E-state index in [1.165, 1.54) is 36.8 Å². The van der Waals surface area contributed by atoms with E-state index in [-0.39, 0.29) is 0 Å². The molecule has 1 saturated heterocycles. The van der Waals surface area contributed by atoms with Gasteiger partial charge in [-0.3, -0.25) is 4.79 Å². The van der Waals surface area contributed by atoms with Gasteiger partial charge < -0.3 is 10.2 Å². The number of likely N-dealkylation sites (tertiary alicyclic amines) is 1. The van der Waals surface area contributed by atoms with Crippen LogP contribution in [0.4, 0.5) is 0 Å². The number of amides is 1. The molecular formula is C18H26N2O. The smallest absolute Gasteiger partial charge is 0.222 e. The van der Waals surface area contributed by atoms with E-state index in [1.807, 2.05) is 0 Å². The van der Waals surface area contributed by atoms with Gasteiger partial charge in [-0.05, 0) is 36.3 Å². The molecule has 1 unspecified atom stereocenters. The number of fused-ring (bicyclic) bond motifs is 1. The summed E-state index contributed by atoms with van der Waals surface area (Å²) in [5.74, 6) is 0.853. The highest BCUT2D eigenvalue weighted by molar-refractivity contribution is 5.76. The van der Waals surface area contributed by atoms with Crippen LogP contribution in [-0.4, -0.2) is 30.4 Å². The van der Waals surface area contributed by atoms with Crippen LogP contribution in [0.15, 0.2) is 24.3 Å². The Kier molecular flexibility index (Phi) is 4.91. The molecule has 1 fully saturated rings. The zero-order valence-corrected chi connectivity index (χ0v) is 12.8. The lowest BCUT2D eigenvalue weighted by Gasteiger charge is -2.27. The van der Waals surface area contributed by atoms with E-state index in [9.17, 15) is 4.79 Å². The molecule has 1 atom stereocenters. The summed E-state index contributed by atoms with van der Waals surface area (Å²) >= 11 is 0. The van der Waals surface area contributed by atoms with E-state index in [1.54, 1.807) is 0 Å². The largest absolute Gasteiger partial charge is 0.343 e. The first kappa shape index (κ1) is 14.6. The third-order valence-electron chi connectivity index (χ3n) is 4.87. The van der Waals surface area contributed by atoms with Gasteiger partial charge in [-0.25, -0.2) is 0 Å². The lowest BCUT2D eigenvalue weighted by Crippen LogP contribution is -2.33. The Morgan fingerprint density at radius 2 is 1.90 bits per heavy atom. The molecule has 1 aromatic rings. The second-order valence-corrected chi connectivity index (χ2v) is 6.36. The SMILES string of the molecule is O=C(CCC1CNCc2ccccc21)N1CCCCCC1. The van der Waals surface area contributed by atoms with Crippen molar-refractivity contribution in [2.45, 2.75) is 51.0 Å². The quantitative estimate of drug-likeness (QED) is 0.926. The van der Waals surface area contributed by atoms with Crippen LogP contribution in [0.3, 0.4) is 0 Å². The molecule has 3 rings (SSSR count). The van der Waals surface area contributed by atoms with E-state index in [2.05, 4.69) is 34.5 Å². The molecule has 21 heavy (non-hydrogen) atoms. The standard InChI is InChI=1S/C18H26N2O/c21-18(20-11-5-1-2-6-12-20)10-9-16-14-19-13-15-7-3-4-8-17(15)16/h3-4,7-8,16,19H,1-2,5-6,9-14H2. The average Bonchev–Trinajstić information content (AvgIpc) is 2.82. The summed E-state index contributed by atoms with van der Waals surface area (Å²) in [6, 6.07) is 8.65. The van der Waals surface area contributed by atoms with Crippen molar-refractivity contribution in [3.63, 3.8) is 0 Å². The van der Waals surface area contributed by atoms with Crippen molar-refractivity contribution in [2.24, 2.45) is 0 Å². The highest BCUT2D eigenvalue weighted by atomic mass is 16.2. The summed E-state index contributed by atoms with van der Waals surface area (Å²) in [5.41, 5.74) is 2.84. The molecular weight excluding hydrogens is 260 g/mol. The molecule has 2 aliphatic heterocycles. The number of nitrogens with one attached hydrogen (secondary N) is 1. The van der Waals surface area contributed by atoms with E-state index in [0.29, 0.717) is 18.2 Å². The topological polar surface area (TPSA) is 32.3 Å². The fourth-order valence-corrected chi connectivity index (χ4v) is 3.62. The molecule has 3 nitrogen and oxygen atoms in total. The van der Waals surface area contributed by atoms with Crippen molar-refractivity contribution in [3.05, 3.63) is 35.4 Å². The number of hydrogen-bond acceptors (Lipinski definition) is 2. The van der Waals surface area contributed by atoms with Crippen LogP contribution in [0.5, 0.6) is 0 Å². The minimum absolute atomic E-state index is 0.361. The maximum atomic E-state index is 12.4. The van der Waals surface area contributed by atoms with Gasteiger partial charge in [-0.15, -0.1) is 0 Å². The van der Waals surface area contributed by atoms with Gasteiger partial charge in [0.1, 0.15) is 0 Å². The molecule has 1 N–H and O–H groups in total. The second kappa shape index (κ2) is 7.08. The van der Waals surface area contributed by atoms with Gasteiger partial charge >= 0.3 is 0 Å². The van der Waals surface area contributed by atoms with Crippen LogP contribution in [0, 0.1) is 0 Å². The fraction of sp³-hybridized carbons (Fsp3) is 0.611. The van der Waals surface area contributed by atoms with Gasteiger partial charge in [0.05, 0.1) is 0 Å². The number of rotatable bonds is 3. The van der Waals surface area contributed by atoms with Crippen molar-refractivity contribution in [1.82, 2.24) is 10.2 Å². The molecule has 0 aromatic heterocycles. The summed E-state index contributed by atoms with van der Waals surface area (Å²) in [7, 11) is 0. The normalized spacial score (nSPS) is 22.5. The maximum absolute atomic E-state index is 12.4. The Morgan fingerprint density at radius 1 is 1.14 bits per heavy atom. The van der Waals surface area contributed by atoms with Crippen LogP contribution in [-0.2, 0) is 11.3 Å². The molecule has 0 radical (unpaired) electrons. The summed E-state index contributed by atoms with van der Waals surface area (Å²) in [6.07, 6.45) is 6.59. The van der Waals surface area contributed by atoms with Crippen LogP contribution in [0.2, 0.25) is 0 Å². The molecule has 0 spiro atoms. The Bertz CT molecular complexity index is 478. The number of benzene rings is 1. The first-order chi connectivity index (χ1) is 10.3. The summed E-state index contributed by atoms with van der Waals surface area (Å²) in [6.45, 7) is 3.91. The molecule has 0 saturated carbocycles. The molecule has 114 valence electrons.